The van der Waals surface area contributed by atoms with Crippen LogP contribution in [-0.2, 0) is 0 Å². The van der Waals surface area contributed by atoms with Crippen LogP contribution in [-0.4, -0.2) is 22.3 Å². The van der Waals surface area contributed by atoms with Crippen molar-refractivity contribution in [3.05, 3.63) is 82.4 Å². The van der Waals surface area contributed by atoms with Gasteiger partial charge in [-0.05, 0) is 31.2 Å². The minimum absolute atomic E-state index is 0.0288. The Labute approximate surface area is 148 Å². The molecule has 0 unspecified atom stereocenters. The number of amides is 1. The summed E-state index contributed by atoms with van der Waals surface area (Å²) in [6.07, 6.45) is 0. The van der Waals surface area contributed by atoms with Gasteiger partial charge in [-0.2, -0.15) is 5.10 Å². The van der Waals surface area contributed by atoms with Gasteiger partial charge >= 0.3 is 0 Å². The first-order valence-electron chi connectivity index (χ1n) is 7.98. The zero-order valence-corrected chi connectivity index (χ0v) is 14.0. The number of ether oxygens (including phenoxy) is 1. The first-order chi connectivity index (χ1) is 12.6. The number of rotatable bonds is 5. The molecule has 0 spiro atoms. The van der Waals surface area contributed by atoms with Crippen LogP contribution in [0.3, 0.4) is 0 Å². The number of benzene rings is 2. The molecule has 1 N–H and O–H groups in total. The standard InChI is InChI=1S/C19H16FN3O3/c1-2-26-17-12-16(24)18(22-23(17)13-8-4-3-5-9-13)19(25)21-15-11-7-6-10-14(15)20/h3-12H,2H2,1H3,(H,21,25). The van der Waals surface area contributed by atoms with E-state index in [-0.39, 0.29) is 17.3 Å². The quantitative estimate of drug-likeness (QED) is 0.765. The largest absolute Gasteiger partial charge is 0.478 e. The van der Waals surface area contributed by atoms with Crippen molar-refractivity contribution in [1.82, 2.24) is 9.78 Å². The average Bonchev–Trinajstić information content (AvgIpc) is 2.65. The van der Waals surface area contributed by atoms with Crippen molar-refractivity contribution in [2.75, 3.05) is 11.9 Å². The Hall–Kier alpha value is -3.48. The maximum Gasteiger partial charge on any atom is 0.280 e. The van der Waals surface area contributed by atoms with E-state index in [0.717, 1.165) is 0 Å². The summed E-state index contributed by atoms with van der Waals surface area (Å²) in [7, 11) is 0. The van der Waals surface area contributed by atoms with Crippen LogP contribution in [0.1, 0.15) is 17.4 Å². The SMILES string of the molecule is CCOc1cc(=O)c(C(=O)Nc2ccccc2F)nn1-c1ccccc1. The van der Waals surface area contributed by atoms with E-state index in [4.69, 9.17) is 4.74 Å². The third-order valence-corrected chi connectivity index (χ3v) is 3.53. The summed E-state index contributed by atoms with van der Waals surface area (Å²) in [5.74, 6) is -1.19. The van der Waals surface area contributed by atoms with Gasteiger partial charge in [0.2, 0.25) is 11.3 Å². The second-order valence-corrected chi connectivity index (χ2v) is 5.31. The van der Waals surface area contributed by atoms with Crippen LogP contribution in [0.15, 0.2) is 65.5 Å². The lowest BCUT2D eigenvalue weighted by Gasteiger charge is -2.13. The third kappa shape index (κ3) is 3.61. The lowest BCUT2D eigenvalue weighted by molar-refractivity contribution is 0.101. The lowest BCUT2D eigenvalue weighted by Crippen LogP contribution is -2.27. The monoisotopic (exact) mass is 353 g/mol. The molecule has 0 saturated carbocycles. The van der Waals surface area contributed by atoms with Gasteiger partial charge in [-0.1, -0.05) is 30.3 Å². The topological polar surface area (TPSA) is 73.2 Å². The molecule has 1 heterocycles. The number of para-hydroxylation sites is 2. The molecule has 6 nitrogen and oxygen atoms in total. The van der Waals surface area contributed by atoms with Crippen molar-refractivity contribution in [3.8, 4) is 11.6 Å². The Bertz CT molecular complexity index is 987. The van der Waals surface area contributed by atoms with Gasteiger partial charge in [-0.25, -0.2) is 9.07 Å². The second-order valence-electron chi connectivity index (χ2n) is 5.31. The highest BCUT2D eigenvalue weighted by Gasteiger charge is 2.18. The lowest BCUT2D eigenvalue weighted by atomic mass is 10.2. The normalized spacial score (nSPS) is 10.4. The molecule has 0 bridgehead atoms. The van der Waals surface area contributed by atoms with E-state index in [1.165, 1.54) is 28.9 Å². The van der Waals surface area contributed by atoms with Crippen molar-refractivity contribution < 1.29 is 13.9 Å². The van der Waals surface area contributed by atoms with Crippen molar-refractivity contribution in [2.45, 2.75) is 6.92 Å². The molecule has 0 aliphatic heterocycles. The van der Waals surface area contributed by atoms with Crippen LogP contribution in [0.4, 0.5) is 10.1 Å². The molecular formula is C19H16FN3O3. The molecule has 1 amide bonds. The van der Waals surface area contributed by atoms with Gasteiger partial charge in [0.15, 0.2) is 5.69 Å². The number of nitrogens with zero attached hydrogens (tertiary/aromatic N) is 2. The number of anilines is 1. The highest BCUT2D eigenvalue weighted by Crippen LogP contribution is 2.16. The molecule has 0 fully saturated rings. The summed E-state index contributed by atoms with van der Waals surface area (Å²) < 4.78 is 20.6. The Morgan fingerprint density at radius 2 is 1.85 bits per heavy atom. The fourth-order valence-corrected chi connectivity index (χ4v) is 2.35. The van der Waals surface area contributed by atoms with E-state index in [9.17, 15) is 14.0 Å². The Morgan fingerprint density at radius 3 is 2.54 bits per heavy atom. The summed E-state index contributed by atoms with van der Waals surface area (Å²) in [4.78, 5) is 24.7. The number of aromatic nitrogens is 2. The predicted octanol–water partition coefficient (Wildman–Crippen LogP) is 3.02. The molecule has 7 heteroatoms. The van der Waals surface area contributed by atoms with Crippen LogP contribution in [0.25, 0.3) is 5.69 Å². The second kappa shape index (κ2) is 7.60. The van der Waals surface area contributed by atoms with E-state index in [1.807, 2.05) is 6.07 Å². The number of carbonyl (C=O) groups excluding carboxylic acids is 1. The molecule has 0 saturated heterocycles. The molecule has 0 atom stereocenters. The summed E-state index contributed by atoms with van der Waals surface area (Å²) >= 11 is 0. The molecule has 132 valence electrons. The number of hydrogen-bond acceptors (Lipinski definition) is 4. The van der Waals surface area contributed by atoms with Crippen LogP contribution in [0.2, 0.25) is 0 Å². The van der Waals surface area contributed by atoms with E-state index in [2.05, 4.69) is 10.4 Å². The number of halogens is 1. The molecule has 3 rings (SSSR count). The summed E-state index contributed by atoms with van der Waals surface area (Å²) in [5, 5.41) is 6.50. The Morgan fingerprint density at radius 1 is 1.15 bits per heavy atom. The summed E-state index contributed by atoms with van der Waals surface area (Å²) in [5.41, 5.74) is -0.384. The average molecular weight is 353 g/mol. The fourth-order valence-electron chi connectivity index (χ4n) is 2.35. The molecule has 26 heavy (non-hydrogen) atoms. The van der Waals surface area contributed by atoms with Crippen LogP contribution >= 0.6 is 0 Å². The van der Waals surface area contributed by atoms with E-state index >= 15 is 0 Å². The van der Waals surface area contributed by atoms with E-state index < -0.39 is 17.2 Å². The van der Waals surface area contributed by atoms with Crippen molar-refractivity contribution in [1.29, 1.82) is 0 Å². The van der Waals surface area contributed by atoms with Crippen molar-refractivity contribution >= 4 is 11.6 Å². The fraction of sp³-hybridized carbons (Fsp3) is 0.105. The molecule has 0 radical (unpaired) electrons. The Kier molecular flexibility index (Phi) is 5.07. The van der Waals surface area contributed by atoms with Gasteiger partial charge < -0.3 is 10.1 Å². The van der Waals surface area contributed by atoms with Gasteiger partial charge in [0.25, 0.3) is 5.91 Å². The van der Waals surface area contributed by atoms with Crippen LogP contribution in [0.5, 0.6) is 5.88 Å². The zero-order valence-electron chi connectivity index (χ0n) is 14.0. The number of carbonyl (C=O) groups is 1. The molecule has 2 aromatic carbocycles. The number of nitrogens with one attached hydrogen (secondary N) is 1. The van der Waals surface area contributed by atoms with E-state index in [0.29, 0.717) is 12.3 Å². The molecule has 1 aromatic heterocycles. The van der Waals surface area contributed by atoms with Gasteiger partial charge in [-0.15, -0.1) is 0 Å². The third-order valence-electron chi connectivity index (χ3n) is 3.53. The van der Waals surface area contributed by atoms with Crippen molar-refractivity contribution in [3.63, 3.8) is 0 Å². The molecule has 0 aliphatic carbocycles. The van der Waals surface area contributed by atoms with Gasteiger partial charge in [0, 0.05) is 0 Å². The highest BCUT2D eigenvalue weighted by molar-refractivity contribution is 6.02. The molecule has 3 aromatic rings. The zero-order chi connectivity index (χ0) is 18.5. The van der Waals surface area contributed by atoms with Crippen molar-refractivity contribution in [2.24, 2.45) is 0 Å². The maximum absolute atomic E-state index is 13.7. The minimum atomic E-state index is -0.798. The summed E-state index contributed by atoms with van der Waals surface area (Å²) in [6, 6.07) is 15.8. The Balaban J connectivity index is 2.03. The molecular weight excluding hydrogens is 337 g/mol. The first-order valence-corrected chi connectivity index (χ1v) is 7.98. The maximum atomic E-state index is 13.7. The predicted molar refractivity (Wildman–Crippen MR) is 95.4 cm³/mol. The highest BCUT2D eigenvalue weighted by atomic mass is 19.1. The van der Waals surface area contributed by atoms with E-state index in [1.54, 1.807) is 37.3 Å². The van der Waals surface area contributed by atoms with Gasteiger partial charge in [0.1, 0.15) is 5.82 Å². The van der Waals surface area contributed by atoms with Crippen LogP contribution < -0.4 is 15.5 Å². The van der Waals surface area contributed by atoms with Gasteiger partial charge in [0.05, 0.1) is 24.0 Å². The van der Waals surface area contributed by atoms with Gasteiger partial charge in [-0.3, -0.25) is 9.59 Å². The number of hydrogen-bond donors (Lipinski definition) is 1. The minimum Gasteiger partial charge on any atom is -0.478 e. The molecule has 0 aliphatic rings. The summed E-state index contributed by atoms with van der Waals surface area (Å²) in [6.45, 7) is 2.10. The van der Waals surface area contributed by atoms with Crippen LogP contribution in [0, 0.1) is 5.82 Å². The first kappa shape index (κ1) is 17.3. The smallest absolute Gasteiger partial charge is 0.280 e.